The molecular formula is C24H34N4O. The van der Waals surface area contributed by atoms with Gasteiger partial charge in [-0.15, -0.1) is 0 Å². The number of nitrogens with one attached hydrogen (secondary N) is 3. The van der Waals surface area contributed by atoms with Gasteiger partial charge in [-0.1, -0.05) is 48.9 Å². The highest BCUT2D eigenvalue weighted by Gasteiger charge is 2.15. The molecule has 0 saturated carbocycles. The SMILES string of the molecule is CN=C(NCc1cccc(C(=O)NC(C)(C)C)c1)NCC(C)c1cccc(C)c1. The maximum absolute atomic E-state index is 12.4. The fraction of sp³-hybridized carbons (Fsp3) is 0.417. The standard InChI is InChI=1S/C24H34N4O/c1-17-9-7-11-20(13-17)18(2)15-26-23(25-6)27-16-19-10-8-12-21(14-19)22(29)28-24(3,4)5/h7-14,18H,15-16H2,1-6H3,(H,28,29)(H2,25,26,27). The molecule has 2 aromatic rings. The number of carbonyl (C=O) groups is 1. The van der Waals surface area contributed by atoms with E-state index in [1.54, 1.807) is 7.05 Å². The first-order valence-corrected chi connectivity index (χ1v) is 10.1. The van der Waals surface area contributed by atoms with Crippen LogP contribution in [0.3, 0.4) is 0 Å². The van der Waals surface area contributed by atoms with Crippen molar-refractivity contribution in [3.63, 3.8) is 0 Å². The maximum Gasteiger partial charge on any atom is 0.251 e. The van der Waals surface area contributed by atoms with E-state index in [2.05, 4.69) is 59.1 Å². The molecule has 0 bridgehead atoms. The van der Waals surface area contributed by atoms with Crippen LogP contribution in [0.15, 0.2) is 53.5 Å². The van der Waals surface area contributed by atoms with Crippen molar-refractivity contribution in [2.45, 2.75) is 52.6 Å². The summed E-state index contributed by atoms with van der Waals surface area (Å²) in [5.41, 5.74) is 4.01. The van der Waals surface area contributed by atoms with Crippen molar-refractivity contribution in [2.24, 2.45) is 4.99 Å². The van der Waals surface area contributed by atoms with Crippen LogP contribution in [0.2, 0.25) is 0 Å². The lowest BCUT2D eigenvalue weighted by atomic mass is 9.99. The van der Waals surface area contributed by atoms with Gasteiger partial charge in [-0.25, -0.2) is 0 Å². The molecule has 0 spiro atoms. The predicted molar refractivity (Wildman–Crippen MR) is 121 cm³/mol. The Balaban J connectivity index is 1.90. The number of hydrogen-bond donors (Lipinski definition) is 3. The molecular weight excluding hydrogens is 360 g/mol. The first-order chi connectivity index (χ1) is 13.7. The Kier molecular flexibility index (Phi) is 7.82. The molecule has 5 heteroatoms. The summed E-state index contributed by atoms with van der Waals surface area (Å²) in [5.74, 6) is 1.06. The molecule has 2 rings (SSSR count). The lowest BCUT2D eigenvalue weighted by molar-refractivity contribution is 0.0919. The van der Waals surface area contributed by atoms with E-state index in [-0.39, 0.29) is 11.4 Å². The van der Waals surface area contributed by atoms with Crippen LogP contribution < -0.4 is 16.0 Å². The largest absolute Gasteiger partial charge is 0.356 e. The van der Waals surface area contributed by atoms with Crippen LogP contribution in [-0.2, 0) is 6.54 Å². The van der Waals surface area contributed by atoms with E-state index in [1.165, 1.54) is 11.1 Å². The number of aryl methyl sites for hydroxylation is 1. The minimum atomic E-state index is -0.259. The van der Waals surface area contributed by atoms with Crippen molar-refractivity contribution >= 4 is 11.9 Å². The minimum absolute atomic E-state index is 0.0613. The second kappa shape index (κ2) is 10.1. The summed E-state index contributed by atoms with van der Waals surface area (Å²) >= 11 is 0. The summed E-state index contributed by atoms with van der Waals surface area (Å²) in [6, 6.07) is 16.2. The lowest BCUT2D eigenvalue weighted by Crippen LogP contribution is -2.40. The van der Waals surface area contributed by atoms with E-state index < -0.39 is 0 Å². The zero-order valence-electron chi connectivity index (χ0n) is 18.5. The van der Waals surface area contributed by atoms with Gasteiger partial charge in [0.25, 0.3) is 5.91 Å². The molecule has 0 heterocycles. The van der Waals surface area contributed by atoms with Crippen LogP contribution in [0.1, 0.15) is 60.7 Å². The highest BCUT2D eigenvalue weighted by Crippen LogP contribution is 2.15. The average molecular weight is 395 g/mol. The number of aliphatic imine (C=N–C) groups is 1. The van der Waals surface area contributed by atoms with Gasteiger partial charge >= 0.3 is 0 Å². The van der Waals surface area contributed by atoms with Crippen molar-refractivity contribution < 1.29 is 4.79 Å². The summed E-state index contributed by atoms with van der Waals surface area (Å²) in [4.78, 5) is 16.7. The van der Waals surface area contributed by atoms with Crippen molar-refractivity contribution in [2.75, 3.05) is 13.6 Å². The summed E-state index contributed by atoms with van der Waals surface area (Å²) < 4.78 is 0. The molecule has 0 radical (unpaired) electrons. The molecule has 29 heavy (non-hydrogen) atoms. The van der Waals surface area contributed by atoms with Gasteiger partial charge in [-0.05, 0) is 56.9 Å². The zero-order chi connectivity index (χ0) is 21.4. The van der Waals surface area contributed by atoms with Crippen LogP contribution in [0, 0.1) is 6.92 Å². The number of rotatable bonds is 6. The van der Waals surface area contributed by atoms with Gasteiger partial charge in [0.15, 0.2) is 5.96 Å². The number of carbonyl (C=O) groups excluding carboxylic acids is 1. The van der Waals surface area contributed by atoms with Crippen molar-refractivity contribution in [1.82, 2.24) is 16.0 Å². The molecule has 3 N–H and O–H groups in total. The normalized spacial score (nSPS) is 13.0. The Labute approximate surface area is 175 Å². The summed E-state index contributed by atoms with van der Waals surface area (Å²) in [5, 5.41) is 9.71. The molecule has 1 unspecified atom stereocenters. The van der Waals surface area contributed by atoms with E-state index in [4.69, 9.17) is 0 Å². The van der Waals surface area contributed by atoms with Crippen molar-refractivity contribution in [1.29, 1.82) is 0 Å². The van der Waals surface area contributed by atoms with Crippen LogP contribution in [-0.4, -0.2) is 31.0 Å². The van der Waals surface area contributed by atoms with E-state index in [1.807, 2.05) is 45.0 Å². The van der Waals surface area contributed by atoms with Crippen LogP contribution in [0.4, 0.5) is 0 Å². The Morgan fingerprint density at radius 2 is 1.79 bits per heavy atom. The van der Waals surface area contributed by atoms with Gasteiger partial charge in [-0.3, -0.25) is 9.79 Å². The van der Waals surface area contributed by atoms with Gasteiger partial charge in [0.2, 0.25) is 0 Å². The smallest absolute Gasteiger partial charge is 0.251 e. The second-order valence-electron chi connectivity index (χ2n) is 8.53. The Bertz CT molecular complexity index is 852. The Morgan fingerprint density at radius 3 is 2.45 bits per heavy atom. The second-order valence-corrected chi connectivity index (χ2v) is 8.53. The van der Waals surface area contributed by atoms with Crippen LogP contribution >= 0.6 is 0 Å². The number of guanidine groups is 1. The van der Waals surface area contributed by atoms with E-state index in [0.717, 1.165) is 18.1 Å². The third kappa shape index (κ3) is 7.60. The number of amides is 1. The third-order valence-corrected chi connectivity index (χ3v) is 4.55. The lowest BCUT2D eigenvalue weighted by Gasteiger charge is -2.20. The van der Waals surface area contributed by atoms with Gasteiger partial charge in [-0.2, -0.15) is 0 Å². The van der Waals surface area contributed by atoms with E-state index >= 15 is 0 Å². The minimum Gasteiger partial charge on any atom is -0.356 e. The van der Waals surface area contributed by atoms with Crippen LogP contribution in [0.25, 0.3) is 0 Å². The molecule has 0 aliphatic heterocycles. The first kappa shape index (κ1) is 22.5. The van der Waals surface area contributed by atoms with Crippen molar-refractivity contribution in [3.8, 4) is 0 Å². The molecule has 0 saturated heterocycles. The molecule has 0 aliphatic carbocycles. The molecule has 0 fully saturated rings. The van der Waals surface area contributed by atoms with Gasteiger partial charge in [0.05, 0.1) is 0 Å². The van der Waals surface area contributed by atoms with Crippen molar-refractivity contribution in [3.05, 3.63) is 70.8 Å². The molecule has 1 atom stereocenters. The van der Waals surface area contributed by atoms with Gasteiger partial charge in [0, 0.05) is 31.2 Å². The zero-order valence-corrected chi connectivity index (χ0v) is 18.5. The monoisotopic (exact) mass is 394 g/mol. The third-order valence-electron chi connectivity index (χ3n) is 4.55. The molecule has 0 aliphatic rings. The number of benzene rings is 2. The molecule has 0 aromatic heterocycles. The Hall–Kier alpha value is -2.82. The highest BCUT2D eigenvalue weighted by atomic mass is 16.1. The average Bonchev–Trinajstić information content (AvgIpc) is 2.67. The fourth-order valence-corrected chi connectivity index (χ4v) is 2.99. The van der Waals surface area contributed by atoms with E-state index in [0.29, 0.717) is 18.0 Å². The topological polar surface area (TPSA) is 65.5 Å². The van der Waals surface area contributed by atoms with E-state index in [9.17, 15) is 4.79 Å². The quantitative estimate of drug-likeness (QED) is 0.513. The van der Waals surface area contributed by atoms with Crippen LogP contribution in [0.5, 0.6) is 0 Å². The fourth-order valence-electron chi connectivity index (χ4n) is 2.99. The number of hydrogen-bond acceptors (Lipinski definition) is 2. The summed E-state index contributed by atoms with van der Waals surface area (Å²) in [6.45, 7) is 11.6. The molecule has 156 valence electrons. The molecule has 2 aromatic carbocycles. The molecule has 1 amide bonds. The van der Waals surface area contributed by atoms with Gasteiger partial charge < -0.3 is 16.0 Å². The maximum atomic E-state index is 12.4. The summed E-state index contributed by atoms with van der Waals surface area (Å²) in [7, 11) is 1.76. The summed E-state index contributed by atoms with van der Waals surface area (Å²) in [6.07, 6.45) is 0. The number of nitrogens with zero attached hydrogens (tertiary/aromatic N) is 1. The first-order valence-electron chi connectivity index (χ1n) is 10.1. The molecule has 5 nitrogen and oxygen atoms in total. The van der Waals surface area contributed by atoms with Gasteiger partial charge in [0.1, 0.15) is 0 Å². The Morgan fingerprint density at radius 1 is 1.07 bits per heavy atom. The highest BCUT2D eigenvalue weighted by molar-refractivity contribution is 5.94. The predicted octanol–water partition coefficient (Wildman–Crippen LogP) is 3.99.